The molecule has 0 aliphatic rings. The van der Waals surface area contributed by atoms with Crippen molar-refractivity contribution in [3.63, 3.8) is 0 Å². The maximum atomic E-state index is 11.4. The first-order chi connectivity index (χ1) is 10.1. The SMILES string of the molecule is COC(=O)c1cccc(OCCn2cnnc2[S@@](C)=O)c1. The third-order valence-corrected chi connectivity index (χ3v) is 3.52. The molecule has 1 aromatic carbocycles. The van der Waals surface area contributed by atoms with E-state index < -0.39 is 16.8 Å². The normalized spacial score (nSPS) is 11.9. The molecule has 0 spiro atoms. The van der Waals surface area contributed by atoms with Gasteiger partial charge in [-0.25, -0.2) is 4.79 Å². The number of nitrogens with zero attached hydrogens (tertiary/aromatic N) is 3. The summed E-state index contributed by atoms with van der Waals surface area (Å²) in [5.41, 5.74) is 0.426. The van der Waals surface area contributed by atoms with Crippen molar-refractivity contribution < 1.29 is 18.5 Å². The fraction of sp³-hybridized carbons (Fsp3) is 0.308. The highest BCUT2D eigenvalue weighted by atomic mass is 32.2. The molecule has 0 aliphatic heterocycles. The third-order valence-electron chi connectivity index (χ3n) is 2.69. The van der Waals surface area contributed by atoms with E-state index in [0.29, 0.717) is 29.6 Å². The number of ether oxygens (including phenoxy) is 2. The number of methoxy groups -OCH3 is 1. The molecule has 0 amide bonds. The van der Waals surface area contributed by atoms with Crippen LogP contribution in [0.3, 0.4) is 0 Å². The number of hydrogen-bond acceptors (Lipinski definition) is 6. The van der Waals surface area contributed by atoms with Crippen LogP contribution in [-0.4, -0.2) is 44.9 Å². The fourth-order valence-corrected chi connectivity index (χ4v) is 2.34. The lowest BCUT2D eigenvalue weighted by Crippen LogP contribution is -2.11. The van der Waals surface area contributed by atoms with Gasteiger partial charge < -0.3 is 14.0 Å². The zero-order valence-corrected chi connectivity index (χ0v) is 12.5. The number of rotatable bonds is 6. The second-order valence-corrected chi connectivity index (χ2v) is 5.40. The zero-order chi connectivity index (χ0) is 15.2. The van der Waals surface area contributed by atoms with Gasteiger partial charge in [0, 0.05) is 6.26 Å². The highest BCUT2D eigenvalue weighted by Gasteiger charge is 2.09. The molecular formula is C13H15N3O4S. The minimum atomic E-state index is -1.20. The summed E-state index contributed by atoms with van der Waals surface area (Å²) in [6.45, 7) is 0.803. The first kappa shape index (κ1) is 15.2. The summed E-state index contributed by atoms with van der Waals surface area (Å²) < 4.78 is 23.3. The van der Waals surface area contributed by atoms with Gasteiger partial charge in [0.1, 0.15) is 18.7 Å². The number of carbonyl (C=O) groups is 1. The predicted molar refractivity (Wildman–Crippen MR) is 75.6 cm³/mol. The molecule has 1 heterocycles. The van der Waals surface area contributed by atoms with E-state index in [9.17, 15) is 9.00 Å². The molecule has 0 radical (unpaired) electrons. The van der Waals surface area contributed by atoms with E-state index in [4.69, 9.17) is 4.74 Å². The van der Waals surface area contributed by atoms with Crippen molar-refractivity contribution in [3.05, 3.63) is 36.2 Å². The molecule has 0 saturated carbocycles. The molecule has 112 valence electrons. The number of hydrogen-bond donors (Lipinski definition) is 0. The molecule has 2 rings (SSSR count). The first-order valence-corrected chi connectivity index (χ1v) is 7.70. The number of carbonyl (C=O) groups excluding carboxylic acids is 1. The molecule has 21 heavy (non-hydrogen) atoms. The molecule has 0 N–H and O–H groups in total. The molecule has 0 unspecified atom stereocenters. The quantitative estimate of drug-likeness (QED) is 0.737. The smallest absolute Gasteiger partial charge is 0.337 e. The van der Waals surface area contributed by atoms with E-state index in [1.54, 1.807) is 35.1 Å². The lowest BCUT2D eigenvalue weighted by Gasteiger charge is -2.08. The third kappa shape index (κ3) is 3.88. The Kier molecular flexibility index (Phi) is 5.04. The average molecular weight is 309 g/mol. The van der Waals surface area contributed by atoms with Gasteiger partial charge in [-0.3, -0.25) is 4.21 Å². The van der Waals surface area contributed by atoms with Crippen LogP contribution in [-0.2, 0) is 22.1 Å². The molecule has 2 aromatic rings. The van der Waals surface area contributed by atoms with Gasteiger partial charge in [-0.1, -0.05) is 6.07 Å². The van der Waals surface area contributed by atoms with Gasteiger partial charge >= 0.3 is 5.97 Å². The highest BCUT2D eigenvalue weighted by Crippen LogP contribution is 2.14. The maximum absolute atomic E-state index is 11.4. The second kappa shape index (κ2) is 6.98. The molecule has 1 aromatic heterocycles. The summed E-state index contributed by atoms with van der Waals surface area (Å²) in [5.74, 6) is 0.146. The van der Waals surface area contributed by atoms with Crippen LogP contribution in [0, 0.1) is 0 Å². The lowest BCUT2D eigenvalue weighted by molar-refractivity contribution is 0.0600. The number of aromatic nitrogens is 3. The fourth-order valence-electron chi connectivity index (χ4n) is 1.71. The van der Waals surface area contributed by atoms with Crippen molar-refractivity contribution in [2.24, 2.45) is 0 Å². The van der Waals surface area contributed by atoms with Crippen LogP contribution >= 0.6 is 0 Å². The van der Waals surface area contributed by atoms with Crippen molar-refractivity contribution in [2.75, 3.05) is 20.0 Å². The predicted octanol–water partition coefficient (Wildman–Crippen LogP) is 0.881. The van der Waals surface area contributed by atoms with Gasteiger partial charge in [0.15, 0.2) is 0 Å². The summed E-state index contributed by atoms with van der Waals surface area (Å²) in [7, 11) is 0.132. The van der Waals surface area contributed by atoms with E-state index >= 15 is 0 Å². The van der Waals surface area contributed by atoms with E-state index in [0.717, 1.165) is 0 Å². The van der Waals surface area contributed by atoms with Crippen molar-refractivity contribution in [1.82, 2.24) is 14.8 Å². The Balaban J connectivity index is 1.96. The van der Waals surface area contributed by atoms with E-state index in [1.165, 1.54) is 13.4 Å². The Morgan fingerprint density at radius 2 is 2.24 bits per heavy atom. The number of esters is 1. The van der Waals surface area contributed by atoms with Crippen LogP contribution in [0.4, 0.5) is 0 Å². The second-order valence-electron chi connectivity index (χ2n) is 4.13. The molecule has 0 saturated heterocycles. The van der Waals surface area contributed by atoms with Crippen molar-refractivity contribution in [2.45, 2.75) is 11.7 Å². The summed E-state index contributed by atoms with van der Waals surface area (Å²) >= 11 is 0. The van der Waals surface area contributed by atoms with Gasteiger partial charge in [-0.2, -0.15) is 0 Å². The minimum absolute atomic E-state index is 0.340. The molecule has 8 heteroatoms. The molecular weight excluding hydrogens is 294 g/mol. The summed E-state index contributed by atoms with van der Waals surface area (Å²) in [6, 6.07) is 6.72. The Morgan fingerprint density at radius 1 is 1.43 bits per heavy atom. The molecule has 0 aliphatic carbocycles. The van der Waals surface area contributed by atoms with Crippen LogP contribution in [0.2, 0.25) is 0 Å². The lowest BCUT2D eigenvalue weighted by atomic mass is 10.2. The Morgan fingerprint density at radius 3 is 2.95 bits per heavy atom. The summed E-state index contributed by atoms with van der Waals surface area (Å²) in [4.78, 5) is 11.4. The van der Waals surface area contributed by atoms with E-state index in [2.05, 4.69) is 14.9 Å². The van der Waals surface area contributed by atoms with Crippen LogP contribution in [0.15, 0.2) is 35.7 Å². The largest absolute Gasteiger partial charge is 0.492 e. The summed E-state index contributed by atoms with van der Waals surface area (Å²) in [5, 5.41) is 7.91. The standard InChI is InChI=1S/C13H15N3O4S/c1-19-12(17)10-4-3-5-11(8-10)20-7-6-16-9-14-15-13(16)21(2)18/h3-5,8-9H,6-7H2,1-2H3/t21-/m1/s1. The van der Waals surface area contributed by atoms with Crippen LogP contribution in [0.5, 0.6) is 5.75 Å². The van der Waals surface area contributed by atoms with Crippen molar-refractivity contribution in [3.8, 4) is 5.75 Å². The van der Waals surface area contributed by atoms with E-state index in [-0.39, 0.29) is 0 Å². The van der Waals surface area contributed by atoms with Gasteiger partial charge in [-0.15, -0.1) is 10.2 Å². The molecule has 0 bridgehead atoms. The molecule has 0 fully saturated rings. The first-order valence-electron chi connectivity index (χ1n) is 6.14. The van der Waals surface area contributed by atoms with Crippen molar-refractivity contribution in [1.29, 1.82) is 0 Å². The van der Waals surface area contributed by atoms with Crippen LogP contribution < -0.4 is 4.74 Å². The topological polar surface area (TPSA) is 83.3 Å². The highest BCUT2D eigenvalue weighted by molar-refractivity contribution is 7.84. The van der Waals surface area contributed by atoms with Crippen molar-refractivity contribution >= 4 is 16.8 Å². The maximum Gasteiger partial charge on any atom is 0.337 e. The Hall–Kier alpha value is -2.22. The monoisotopic (exact) mass is 309 g/mol. The molecule has 1 atom stereocenters. The Labute approximate surface area is 124 Å². The molecule has 7 nitrogen and oxygen atoms in total. The zero-order valence-electron chi connectivity index (χ0n) is 11.7. The van der Waals surface area contributed by atoms with Gasteiger partial charge in [0.25, 0.3) is 0 Å². The van der Waals surface area contributed by atoms with Gasteiger partial charge in [0.05, 0.1) is 30.0 Å². The van der Waals surface area contributed by atoms with Crippen LogP contribution in [0.25, 0.3) is 0 Å². The van der Waals surface area contributed by atoms with Gasteiger partial charge in [0.2, 0.25) is 5.16 Å². The van der Waals surface area contributed by atoms with Crippen LogP contribution in [0.1, 0.15) is 10.4 Å². The average Bonchev–Trinajstić information content (AvgIpc) is 2.95. The number of benzene rings is 1. The summed E-state index contributed by atoms with van der Waals surface area (Å²) in [6.07, 6.45) is 3.05. The van der Waals surface area contributed by atoms with E-state index in [1.807, 2.05) is 0 Å². The van der Waals surface area contributed by atoms with Gasteiger partial charge in [-0.05, 0) is 18.2 Å². The minimum Gasteiger partial charge on any atom is -0.492 e. The Bertz CT molecular complexity index is 656.